The highest BCUT2D eigenvalue weighted by molar-refractivity contribution is 5.91. The topological polar surface area (TPSA) is 72.2 Å². The van der Waals surface area contributed by atoms with E-state index < -0.39 is 4.92 Å². The normalized spacial score (nSPS) is 11.1. The minimum absolute atomic E-state index is 0.0277. The molecule has 1 N–H and O–H groups in total. The van der Waals surface area contributed by atoms with Gasteiger partial charge in [-0.1, -0.05) is 103 Å². The summed E-state index contributed by atoms with van der Waals surface area (Å²) in [7, 11) is 0. The van der Waals surface area contributed by atoms with Crippen molar-refractivity contribution < 1.29 is 9.72 Å². The first-order valence-corrected chi connectivity index (χ1v) is 11.8. The minimum atomic E-state index is -0.437. The largest absolute Gasteiger partial charge is 0.353 e. The van der Waals surface area contributed by atoms with Gasteiger partial charge in [0.15, 0.2) is 0 Å². The zero-order valence-corrected chi connectivity index (χ0v) is 18.7. The van der Waals surface area contributed by atoms with Gasteiger partial charge in [-0.3, -0.25) is 14.9 Å². The lowest BCUT2D eigenvalue weighted by Gasteiger charge is -2.04. The number of nitro groups is 1. The van der Waals surface area contributed by atoms with E-state index in [1.54, 1.807) is 18.2 Å². The lowest BCUT2D eigenvalue weighted by Crippen LogP contribution is -2.21. The van der Waals surface area contributed by atoms with Crippen molar-refractivity contribution in [2.24, 2.45) is 0 Å². The lowest BCUT2D eigenvalue weighted by molar-refractivity contribution is -0.384. The Labute approximate surface area is 182 Å². The molecule has 0 bridgehead atoms. The smallest absolute Gasteiger partial charge is 0.270 e. The molecule has 5 heteroatoms. The predicted molar refractivity (Wildman–Crippen MR) is 125 cm³/mol. The summed E-state index contributed by atoms with van der Waals surface area (Å²) >= 11 is 0. The number of amides is 1. The summed E-state index contributed by atoms with van der Waals surface area (Å²) in [6.45, 7) is 2.94. The average Bonchev–Trinajstić information content (AvgIpc) is 2.75. The molecule has 168 valence electrons. The zero-order valence-electron chi connectivity index (χ0n) is 18.7. The van der Waals surface area contributed by atoms with Gasteiger partial charge in [-0.05, 0) is 18.1 Å². The number of benzene rings is 1. The van der Waals surface area contributed by atoms with Crippen LogP contribution in [0.15, 0.2) is 30.3 Å². The molecule has 1 aromatic rings. The van der Waals surface area contributed by atoms with Crippen molar-refractivity contribution in [1.82, 2.24) is 5.32 Å². The Bertz CT molecular complexity index is 629. The summed E-state index contributed by atoms with van der Waals surface area (Å²) in [4.78, 5) is 22.2. The van der Waals surface area contributed by atoms with Gasteiger partial charge in [-0.15, -0.1) is 0 Å². The number of nitrogens with zero attached hydrogens (tertiary/aromatic N) is 1. The number of nitrogens with one attached hydrogen (secondary N) is 1. The van der Waals surface area contributed by atoms with Crippen molar-refractivity contribution in [2.45, 2.75) is 96.8 Å². The number of unbranched alkanes of at least 4 members (excludes halogenated alkanes) is 13. The van der Waals surface area contributed by atoms with Crippen LogP contribution >= 0.6 is 0 Å². The van der Waals surface area contributed by atoms with E-state index in [4.69, 9.17) is 0 Å². The maximum absolute atomic E-state index is 11.8. The van der Waals surface area contributed by atoms with Crippen LogP contribution in [0.25, 0.3) is 6.08 Å². The van der Waals surface area contributed by atoms with Gasteiger partial charge < -0.3 is 5.32 Å². The van der Waals surface area contributed by atoms with Crippen LogP contribution in [0.1, 0.15) is 102 Å². The van der Waals surface area contributed by atoms with Crippen LogP contribution < -0.4 is 5.32 Å². The molecule has 0 aliphatic rings. The van der Waals surface area contributed by atoms with Gasteiger partial charge in [-0.25, -0.2) is 0 Å². The fourth-order valence-corrected chi connectivity index (χ4v) is 3.50. The molecule has 0 aliphatic carbocycles. The first-order valence-electron chi connectivity index (χ1n) is 11.8. The van der Waals surface area contributed by atoms with E-state index in [-0.39, 0.29) is 11.6 Å². The van der Waals surface area contributed by atoms with E-state index in [0.717, 1.165) is 12.8 Å². The predicted octanol–water partition coefficient (Wildman–Crippen LogP) is 7.21. The van der Waals surface area contributed by atoms with Gasteiger partial charge in [0.2, 0.25) is 5.91 Å². The third-order valence-corrected chi connectivity index (χ3v) is 5.34. The second kappa shape index (κ2) is 17.7. The maximum atomic E-state index is 11.8. The molecule has 5 nitrogen and oxygen atoms in total. The molecule has 30 heavy (non-hydrogen) atoms. The van der Waals surface area contributed by atoms with Crippen LogP contribution in [0.3, 0.4) is 0 Å². The first kappa shape index (κ1) is 25.9. The molecule has 1 aromatic carbocycles. The van der Waals surface area contributed by atoms with E-state index >= 15 is 0 Å². The van der Waals surface area contributed by atoms with Crippen molar-refractivity contribution in [3.8, 4) is 0 Å². The molecule has 0 spiro atoms. The quantitative estimate of drug-likeness (QED) is 0.119. The summed E-state index contributed by atoms with van der Waals surface area (Å²) in [6, 6.07) is 6.25. The Morgan fingerprint density at radius 2 is 1.43 bits per heavy atom. The number of non-ortho nitro benzene ring substituents is 1. The Kier molecular flexibility index (Phi) is 15.2. The van der Waals surface area contributed by atoms with Crippen LogP contribution in [-0.2, 0) is 4.79 Å². The van der Waals surface area contributed by atoms with Gasteiger partial charge in [0, 0.05) is 24.8 Å². The van der Waals surface area contributed by atoms with E-state index in [0.29, 0.717) is 12.1 Å². The molecule has 0 unspecified atom stereocenters. The fraction of sp³-hybridized carbons (Fsp3) is 0.640. The number of rotatable bonds is 18. The summed E-state index contributed by atoms with van der Waals surface area (Å²) in [5.41, 5.74) is 0.677. The van der Waals surface area contributed by atoms with Crippen LogP contribution in [0, 0.1) is 10.1 Å². The SMILES string of the molecule is CCCCCCCCCCCCCCCCNC(=O)/C=C/c1cccc([N+](=O)[O-])c1. The summed E-state index contributed by atoms with van der Waals surface area (Å²) < 4.78 is 0. The lowest BCUT2D eigenvalue weighted by atomic mass is 10.0. The molecule has 0 aliphatic heterocycles. The molecular formula is C25H40N2O3. The monoisotopic (exact) mass is 416 g/mol. The Morgan fingerprint density at radius 1 is 0.900 bits per heavy atom. The zero-order chi connectivity index (χ0) is 21.9. The van der Waals surface area contributed by atoms with Crippen molar-refractivity contribution in [2.75, 3.05) is 6.54 Å². The molecule has 1 amide bonds. The Balaban J connectivity index is 1.93. The van der Waals surface area contributed by atoms with Gasteiger partial charge in [0.05, 0.1) is 4.92 Å². The molecule has 0 fully saturated rings. The highest BCUT2D eigenvalue weighted by Gasteiger charge is 2.04. The van der Waals surface area contributed by atoms with Crippen molar-refractivity contribution in [1.29, 1.82) is 0 Å². The summed E-state index contributed by atoms with van der Waals surface area (Å²) in [5.74, 6) is -0.156. The van der Waals surface area contributed by atoms with Crippen LogP contribution in [-0.4, -0.2) is 17.4 Å². The number of carbonyl (C=O) groups excluding carboxylic acids is 1. The minimum Gasteiger partial charge on any atom is -0.353 e. The second-order valence-corrected chi connectivity index (χ2v) is 8.07. The molecule has 1 rings (SSSR count). The molecular weight excluding hydrogens is 376 g/mol. The second-order valence-electron chi connectivity index (χ2n) is 8.07. The summed E-state index contributed by atoms with van der Waals surface area (Å²) in [5, 5.41) is 13.6. The van der Waals surface area contributed by atoms with Crippen LogP contribution in [0.2, 0.25) is 0 Å². The summed E-state index contributed by atoms with van der Waals surface area (Å²) in [6.07, 6.45) is 21.5. The fourth-order valence-electron chi connectivity index (χ4n) is 3.50. The molecule has 0 aromatic heterocycles. The third kappa shape index (κ3) is 13.9. The van der Waals surface area contributed by atoms with E-state index in [9.17, 15) is 14.9 Å². The van der Waals surface area contributed by atoms with Crippen LogP contribution in [0.5, 0.6) is 0 Å². The molecule has 0 saturated heterocycles. The van der Waals surface area contributed by atoms with Gasteiger partial charge in [0.1, 0.15) is 0 Å². The number of hydrogen-bond acceptors (Lipinski definition) is 3. The van der Waals surface area contributed by atoms with Gasteiger partial charge in [-0.2, -0.15) is 0 Å². The molecule has 0 atom stereocenters. The third-order valence-electron chi connectivity index (χ3n) is 5.34. The van der Waals surface area contributed by atoms with E-state index in [2.05, 4.69) is 12.2 Å². The van der Waals surface area contributed by atoms with Crippen molar-refractivity contribution in [3.63, 3.8) is 0 Å². The van der Waals surface area contributed by atoms with E-state index in [1.807, 2.05) is 0 Å². The average molecular weight is 417 g/mol. The molecule has 0 saturated carbocycles. The molecule has 0 radical (unpaired) electrons. The standard InChI is InChI=1S/C25H40N2O3/c1-2-3-4-5-6-7-8-9-10-11-12-13-14-15-21-26-25(28)20-19-23-17-16-18-24(22-23)27(29)30/h16-20,22H,2-15,21H2,1H3,(H,26,28)/b20-19+. The first-order chi connectivity index (χ1) is 14.6. The Hall–Kier alpha value is -2.17. The highest BCUT2D eigenvalue weighted by atomic mass is 16.6. The van der Waals surface area contributed by atoms with Crippen molar-refractivity contribution in [3.05, 3.63) is 46.0 Å². The van der Waals surface area contributed by atoms with Crippen molar-refractivity contribution >= 4 is 17.7 Å². The number of hydrogen-bond donors (Lipinski definition) is 1. The highest BCUT2D eigenvalue weighted by Crippen LogP contribution is 2.14. The maximum Gasteiger partial charge on any atom is 0.270 e. The number of nitro benzene ring substituents is 1. The van der Waals surface area contributed by atoms with Gasteiger partial charge >= 0.3 is 0 Å². The van der Waals surface area contributed by atoms with E-state index in [1.165, 1.54) is 95.3 Å². The Morgan fingerprint density at radius 3 is 1.97 bits per heavy atom. The van der Waals surface area contributed by atoms with Gasteiger partial charge in [0.25, 0.3) is 5.69 Å². The molecule has 0 heterocycles. The van der Waals surface area contributed by atoms with Crippen LogP contribution in [0.4, 0.5) is 5.69 Å². The number of carbonyl (C=O) groups is 1.